The Hall–Kier alpha value is -1.49. The molecule has 1 fully saturated rings. The Balaban J connectivity index is 2.02. The molecule has 0 aromatic carbocycles. The molecule has 1 aliphatic heterocycles. The number of rotatable bonds is 2. The second-order valence-corrected chi connectivity index (χ2v) is 5.13. The van der Waals surface area contributed by atoms with E-state index in [0.717, 1.165) is 19.0 Å². The molecule has 5 heteroatoms. The van der Waals surface area contributed by atoms with Crippen LogP contribution in [-0.2, 0) is 4.74 Å². The fourth-order valence-electron chi connectivity index (χ4n) is 2.18. The second kappa shape index (κ2) is 5.02. The summed E-state index contributed by atoms with van der Waals surface area (Å²) in [5.41, 5.74) is -0.207. The highest BCUT2D eigenvalue weighted by Gasteiger charge is 2.30. The summed E-state index contributed by atoms with van der Waals surface area (Å²) in [5.74, 6) is -0.987. The molecule has 2 rings (SSSR count). The van der Waals surface area contributed by atoms with Crippen LogP contribution < -0.4 is 5.32 Å². The molecule has 4 nitrogen and oxygen atoms in total. The van der Waals surface area contributed by atoms with Crippen molar-refractivity contribution >= 4 is 5.91 Å². The minimum absolute atomic E-state index is 0.0221. The number of aromatic nitrogens is 1. The lowest BCUT2D eigenvalue weighted by Gasteiger charge is -2.35. The van der Waals surface area contributed by atoms with Crippen LogP contribution in [-0.4, -0.2) is 29.1 Å². The van der Waals surface area contributed by atoms with Gasteiger partial charge in [-0.2, -0.15) is 0 Å². The van der Waals surface area contributed by atoms with Crippen LogP contribution in [0.25, 0.3) is 0 Å². The van der Waals surface area contributed by atoms with Gasteiger partial charge in [0.25, 0.3) is 5.91 Å². The third kappa shape index (κ3) is 3.04. The standard InChI is InChI=1S/C13H17FN2O2/c1-13(2)7-9(4-6-18-13)16-12(17)10-3-5-15-8-11(10)14/h3,5,8-9H,4,6-7H2,1-2H3,(H,16,17). The van der Waals surface area contributed by atoms with Gasteiger partial charge in [0.15, 0.2) is 5.82 Å². The van der Waals surface area contributed by atoms with E-state index in [1.807, 2.05) is 13.8 Å². The van der Waals surface area contributed by atoms with E-state index in [2.05, 4.69) is 10.3 Å². The number of nitrogens with zero attached hydrogens (tertiary/aromatic N) is 1. The van der Waals surface area contributed by atoms with E-state index in [4.69, 9.17) is 4.74 Å². The van der Waals surface area contributed by atoms with Crippen LogP contribution in [0.5, 0.6) is 0 Å². The molecule has 0 saturated carbocycles. The Bertz CT molecular complexity index is 448. The van der Waals surface area contributed by atoms with E-state index in [-0.39, 0.29) is 17.2 Å². The van der Waals surface area contributed by atoms with Crippen LogP contribution in [0.3, 0.4) is 0 Å². The Morgan fingerprint density at radius 3 is 3.06 bits per heavy atom. The highest BCUT2D eigenvalue weighted by molar-refractivity contribution is 5.94. The molecule has 0 spiro atoms. The molecule has 1 aromatic rings. The topological polar surface area (TPSA) is 51.2 Å². The van der Waals surface area contributed by atoms with E-state index in [0.29, 0.717) is 6.61 Å². The Morgan fingerprint density at radius 2 is 2.39 bits per heavy atom. The van der Waals surface area contributed by atoms with Crippen LogP contribution in [0.4, 0.5) is 4.39 Å². The fourth-order valence-corrected chi connectivity index (χ4v) is 2.18. The lowest BCUT2D eigenvalue weighted by molar-refractivity contribution is -0.0615. The molecule has 0 aliphatic carbocycles. The van der Waals surface area contributed by atoms with E-state index >= 15 is 0 Å². The number of carbonyl (C=O) groups excluding carboxylic acids is 1. The van der Waals surface area contributed by atoms with Crippen LogP contribution >= 0.6 is 0 Å². The minimum atomic E-state index is -0.596. The predicted octanol–water partition coefficient (Wildman–Crippen LogP) is 1.91. The first kappa shape index (κ1) is 13.0. The molecule has 1 unspecified atom stereocenters. The average Bonchev–Trinajstić information content (AvgIpc) is 2.28. The molecule has 0 bridgehead atoms. The maximum Gasteiger partial charge on any atom is 0.254 e. The molecule has 1 amide bonds. The highest BCUT2D eigenvalue weighted by atomic mass is 19.1. The average molecular weight is 252 g/mol. The van der Waals surface area contributed by atoms with Crippen molar-refractivity contribution in [1.29, 1.82) is 0 Å². The van der Waals surface area contributed by atoms with Gasteiger partial charge in [0, 0.05) is 18.8 Å². The van der Waals surface area contributed by atoms with Gasteiger partial charge in [0.05, 0.1) is 17.4 Å². The lowest BCUT2D eigenvalue weighted by atomic mass is 9.94. The first-order valence-corrected chi connectivity index (χ1v) is 6.02. The summed E-state index contributed by atoms with van der Waals surface area (Å²) in [4.78, 5) is 15.5. The van der Waals surface area contributed by atoms with Crippen molar-refractivity contribution in [3.63, 3.8) is 0 Å². The first-order valence-electron chi connectivity index (χ1n) is 6.02. The third-order valence-electron chi connectivity index (χ3n) is 3.05. The summed E-state index contributed by atoms with van der Waals surface area (Å²) in [7, 11) is 0. The zero-order valence-electron chi connectivity index (χ0n) is 10.6. The summed E-state index contributed by atoms with van der Waals surface area (Å²) in [6, 6.07) is 1.41. The SMILES string of the molecule is CC1(C)CC(NC(=O)c2ccncc2F)CCO1. The fraction of sp³-hybridized carbons (Fsp3) is 0.538. The highest BCUT2D eigenvalue weighted by Crippen LogP contribution is 2.24. The van der Waals surface area contributed by atoms with Gasteiger partial charge in [-0.3, -0.25) is 9.78 Å². The van der Waals surface area contributed by atoms with Crippen LogP contribution in [0.15, 0.2) is 18.5 Å². The van der Waals surface area contributed by atoms with Crippen molar-refractivity contribution in [1.82, 2.24) is 10.3 Å². The molecule has 2 heterocycles. The largest absolute Gasteiger partial charge is 0.375 e. The second-order valence-electron chi connectivity index (χ2n) is 5.13. The quantitative estimate of drug-likeness (QED) is 0.874. The summed E-state index contributed by atoms with van der Waals surface area (Å²) in [6.45, 7) is 4.58. The smallest absolute Gasteiger partial charge is 0.254 e. The molecule has 1 aromatic heterocycles. The van der Waals surface area contributed by atoms with Crippen molar-refractivity contribution < 1.29 is 13.9 Å². The maximum atomic E-state index is 13.4. The molecule has 1 aliphatic rings. The number of pyridine rings is 1. The third-order valence-corrected chi connectivity index (χ3v) is 3.05. The van der Waals surface area contributed by atoms with Gasteiger partial charge < -0.3 is 10.1 Å². The first-order chi connectivity index (χ1) is 8.48. The Labute approximate surface area is 106 Å². The monoisotopic (exact) mass is 252 g/mol. The van der Waals surface area contributed by atoms with Crippen LogP contribution in [0, 0.1) is 5.82 Å². The van der Waals surface area contributed by atoms with Crippen molar-refractivity contribution in [2.24, 2.45) is 0 Å². The van der Waals surface area contributed by atoms with Gasteiger partial charge in [-0.15, -0.1) is 0 Å². The van der Waals surface area contributed by atoms with E-state index < -0.39 is 11.7 Å². The number of halogens is 1. The molecule has 1 saturated heterocycles. The maximum absolute atomic E-state index is 13.4. The Morgan fingerprint density at radius 1 is 1.61 bits per heavy atom. The zero-order chi connectivity index (χ0) is 13.2. The molecule has 1 atom stereocenters. The summed E-state index contributed by atoms with van der Waals surface area (Å²) < 4.78 is 19.0. The number of nitrogens with one attached hydrogen (secondary N) is 1. The number of ether oxygens (including phenoxy) is 1. The van der Waals surface area contributed by atoms with Crippen LogP contribution in [0.1, 0.15) is 37.0 Å². The van der Waals surface area contributed by atoms with Crippen molar-refractivity contribution in [3.05, 3.63) is 29.8 Å². The predicted molar refractivity (Wildman–Crippen MR) is 64.7 cm³/mol. The van der Waals surface area contributed by atoms with Crippen molar-refractivity contribution in [2.45, 2.75) is 38.3 Å². The minimum Gasteiger partial charge on any atom is -0.375 e. The van der Waals surface area contributed by atoms with Gasteiger partial charge in [-0.25, -0.2) is 4.39 Å². The number of hydrogen-bond acceptors (Lipinski definition) is 3. The number of amides is 1. The molecule has 98 valence electrons. The zero-order valence-corrected chi connectivity index (χ0v) is 10.6. The number of carbonyl (C=O) groups is 1. The number of hydrogen-bond donors (Lipinski definition) is 1. The van der Waals surface area contributed by atoms with Gasteiger partial charge in [0.1, 0.15) is 0 Å². The van der Waals surface area contributed by atoms with Gasteiger partial charge >= 0.3 is 0 Å². The Kier molecular flexibility index (Phi) is 3.61. The summed E-state index contributed by atoms with van der Waals surface area (Å²) >= 11 is 0. The molecule has 18 heavy (non-hydrogen) atoms. The van der Waals surface area contributed by atoms with Gasteiger partial charge in [-0.05, 0) is 32.8 Å². The van der Waals surface area contributed by atoms with Crippen molar-refractivity contribution in [3.8, 4) is 0 Å². The summed E-state index contributed by atoms with van der Waals surface area (Å²) in [6.07, 6.45) is 3.93. The summed E-state index contributed by atoms with van der Waals surface area (Å²) in [5, 5.41) is 2.84. The van der Waals surface area contributed by atoms with Crippen LogP contribution in [0.2, 0.25) is 0 Å². The molecular formula is C13H17FN2O2. The van der Waals surface area contributed by atoms with Gasteiger partial charge in [-0.1, -0.05) is 0 Å². The molecule has 0 radical (unpaired) electrons. The van der Waals surface area contributed by atoms with E-state index in [1.165, 1.54) is 12.3 Å². The molecular weight excluding hydrogens is 235 g/mol. The van der Waals surface area contributed by atoms with E-state index in [1.54, 1.807) is 0 Å². The normalized spacial score (nSPS) is 22.5. The van der Waals surface area contributed by atoms with E-state index in [9.17, 15) is 9.18 Å². The van der Waals surface area contributed by atoms with Crippen molar-refractivity contribution in [2.75, 3.05) is 6.61 Å². The van der Waals surface area contributed by atoms with Gasteiger partial charge in [0.2, 0.25) is 0 Å². The molecule has 1 N–H and O–H groups in total. The lowest BCUT2D eigenvalue weighted by Crippen LogP contribution is -2.46.